The summed E-state index contributed by atoms with van der Waals surface area (Å²) in [4.78, 5) is 28.1. The molecule has 1 fully saturated rings. The zero-order chi connectivity index (χ0) is 17.5. The van der Waals surface area contributed by atoms with E-state index in [1.807, 2.05) is 30.3 Å². The van der Waals surface area contributed by atoms with E-state index in [0.717, 1.165) is 25.1 Å². The maximum Gasteiger partial charge on any atom is 0.222 e. The Morgan fingerprint density at radius 1 is 1.29 bits per heavy atom. The van der Waals surface area contributed by atoms with Gasteiger partial charge in [-0.3, -0.25) is 14.5 Å². The predicted molar refractivity (Wildman–Crippen MR) is 95.4 cm³/mol. The summed E-state index contributed by atoms with van der Waals surface area (Å²) in [6, 6.07) is 10.6. The molecular weight excluding hydrogens is 302 g/mol. The van der Waals surface area contributed by atoms with Crippen molar-refractivity contribution in [2.75, 3.05) is 19.6 Å². The lowest BCUT2D eigenvalue weighted by molar-refractivity contribution is -0.130. The van der Waals surface area contributed by atoms with E-state index in [1.54, 1.807) is 11.8 Å². The molecule has 0 aliphatic carbocycles. The molecule has 24 heavy (non-hydrogen) atoms. The van der Waals surface area contributed by atoms with Gasteiger partial charge in [-0.2, -0.15) is 0 Å². The Morgan fingerprint density at radius 3 is 2.58 bits per heavy atom. The number of benzene rings is 1. The topological polar surface area (TPSA) is 52.7 Å². The minimum absolute atomic E-state index is 0.00139. The standard InChI is InChI=1S/C19H29N3O2/c1-15(2)21-11-9-18(14-21)20-19(24)10-12-22(16(3)23)13-17-7-5-4-6-8-17/h4-8,15,18H,9-14H2,1-3H3,(H,20,24)/t18-/m1/s1. The van der Waals surface area contributed by atoms with E-state index >= 15 is 0 Å². The summed E-state index contributed by atoms with van der Waals surface area (Å²) in [5, 5.41) is 3.10. The molecule has 0 radical (unpaired) electrons. The van der Waals surface area contributed by atoms with E-state index in [0.29, 0.717) is 25.6 Å². The predicted octanol–water partition coefficient (Wildman–Crippen LogP) is 2.02. The highest BCUT2D eigenvalue weighted by Gasteiger charge is 2.25. The molecule has 0 saturated carbocycles. The summed E-state index contributed by atoms with van der Waals surface area (Å²) in [5.74, 6) is 0.0309. The second-order valence-electron chi connectivity index (χ2n) is 6.82. The Kier molecular flexibility index (Phi) is 6.79. The highest BCUT2D eigenvalue weighted by atomic mass is 16.2. The minimum Gasteiger partial charge on any atom is -0.352 e. The zero-order valence-corrected chi connectivity index (χ0v) is 15.0. The van der Waals surface area contributed by atoms with Crippen LogP contribution < -0.4 is 5.32 Å². The van der Waals surface area contributed by atoms with Crippen LogP contribution in [-0.4, -0.2) is 53.3 Å². The number of amides is 2. The second kappa shape index (κ2) is 8.83. The molecule has 0 spiro atoms. The van der Waals surface area contributed by atoms with Gasteiger partial charge in [0.05, 0.1) is 0 Å². The third kappa shape index (κ3) is 5.64. The van der Waals surface area contributed by atoms with Crippen LogP contribution in [0.5, 0.6) is 0 Å². The Morgan fingerprint density at radius 2 is 2.00 bits per heavy atom. The molecule has 1 aromatic carbocycles. The van der Waals surface area contributed by atoms with Crippen LogP contribution in [0.25, 0.3) is 0 Å². The summed E-state index contributed by atoms with van der Waals surface area (Å²) in [5.41, 5.74) is 1.08. The van der Waals surface area contributed by atoms with Crippen molar-refractivity contribution >= 4 is 11.8 Å². The molecular formula is C19H29N3O2. The first-order valence-corrected chi connectivity index (χ1v) is 8.78. The normalized spacial score (nSPS) is 17.9. The SMILES string of the molecule is CC(=O)N(CCC(=O)N[C@@H]1CCN(C(C)C)C1)Cc1ccccc1. The van der Waals surface area contributed by atoms with E-state index in [1.165, 1.54) is 0 Å². The number of carbonyl (C=O) groups excluding carboxylic acids is 2. The Bertz CT molecular complexity index is 545. The van der Waals surface area contributed by atoms with Crippen LogP contribution in [0.15, 0.2) is 30.3 Å². The van der Waals surface area contributed by atoms with Crippen LogP contribution >= 0.6 is 0 Å². The van der Waals surface area contributed by atoms with Crippen molar-refractivity contribution in [1.29, 1.82) is 0 Å². The lowest BCUT2D eigenvalue weighted by Gasteiger charge is -2.22. The third-order valence-electron chi connectivity index (χ3n) is 4.59. The molecule has 132 valence electrons. The smallest absolute Gasteiger partial charge is 0.222 e. The van der Waals surface area contributed by atoms with Gasteiger partial charge in [0.25, 0.3) is 0 Å². The van der Waals surface area contributed by atoms with Crippen LogP contribution in [0.4, 0.5) is 0 Å². The van der Waals surface area contributed by atoms with Crippen LogP contribution in [0.1, 0.15) is 39.2 Å². The molecule has 1 atom stereocenters. The Hall–Kier alpha value is -1.88. The molecule has 1 heterocycles. The van der Waals surface area contributed by atoms with Gasteiger partial charge >= 0.3 is 0 Å². The first-order chi connectivity index (χ1) is 11.5. The summed E-state index contributed by atoms with van der Waals surface area (Å²) >= 11 is 0. The fraction of sp³-hybridized carbons (Fsp3) is 0.579. The summed E-state index contributed by atoms with van der Waals surface area (Å²) < 4.78 is 0. The number of hydrogen-bond donors (Lipinski definition) is 1. The highest BCUT2D eigenvalue weighted by molar-refractivity contribution is 5.78. The number of carbonyl (C=O) groups is 2. The van der Waals surface area contributed by atoms with Gasteiger partial charge < -0.3 is 10.2 Å². The van der Waals surface area contributed by atoms with Crippen molar-refractivity contribution in [3.8, 4) is 0 Å². The maximum absolute atomic E-state index is 12.2. The molecule has 1 saturated heterocycles. The van der Waals surface area contributed by atoms with Crippen molar-refractivity contribution in [1.82, 2.24) is 15.1 Å². The Balaban J connectivity index is 1.77. The molecule has 1 N–H and O–H groups in total. The molecule has 0 aromatic heterocycles. The second-order valence-corrected chi connectivity index (χ2v) is 6.82. The molecule has 0 unspecified atom stereocenters. The van der Waals surface area contributed by atoms with Crippen molar-refractivity contribution < 1.29 is 9.59 Å². The van der Waals surface area contributed by atoms with E-state index in [4.69, 9.17) is 0 Å². The number of nitrogens with zero attached hydrogens (tertiary/aromatic N) is 2. The lowest BCUT2D eigenvalue weighted by atomic mass is 10.2. The first kappa shape index (κ1) is 18.5. The number of hydrogen-bond acceptors (Lipinski definition) is 3. The molecule has 1 aromatic rings. The number of likely N-dealkylation sites (tertiary alicyclic amines) is 1. The average Bonchev–Trinajstić information content (AvgIpc) is 3.01. The van der Waals surface area contributed by atoms with Gasteiger partial charge in [-0.25, -0.2) is 0 Å². The fourth-order valence-corrected chi connectivity index (χ4v) is 3.06. The maximum atomic E-state index is 12.2. The van der Waals surface area contributed by atoms with Crippen LogP contribution in [0, 0.1) is 0 Å². The van der Waals surface area contributed by atoms with Gasteiger partial charge in [-0.05, 0) is 25.8 Å². The minimum atomic E-state index is -0.00139. The molecule has 2 amide bonds. The molecule has 2 rings (SSSR count). The van der Waals surface area contributed by atoms with Gasteiger partial charge in [0.15, 0.2) is 0 Å². The highest BCUT2D eigenvalue weighted by Crippen LogP contribution is 2.12. The van der Waals surface area contributed by atoms with Crippen molar-refractivity contribution in [2.45, 2.75) is 52.2 Å². The first-order valence-electron chi connectivity index (χ1n) is 8.78. The van der Waals surface area contributed by atoms with Gasteiger partial charge in [0, 0.05) is 51.6 Å². The van der Waals surface area contributed by atoms with E-state index < -0.39 is 0 Å². The van der Waals surface area contributed by atoms with Gasteiger partial charge in [0.2, 0.25) is 11.8 Å². The summed E-state index contributed by atoms with van der Waals surface area (Å²) in [7, 11) is 0. The van der Waals surface area contributed by atoms with Crippen LogP contribution in [0.3, 0.4) is 0 Å². The van der Waals surface area contributed by atoms with Crippen LogP contribution in [0.2, 0.25) is 0 Å². The quantitative estimate of drug-likeness (QED) is 0.832. The molecule has 5 nitrogen and oxygen atoms in total. The van der Waals surface area contributed by atoms with Crippen molar-refractivity contribution in [3.63, 3.8) is 0 Å². The fourth-order valence-electron chi connectivity index (χ4n) is 3.06. The van der Waals surface area contributed by atoms with Crippen molar-refractivity contribution in [3.05, 3.63) is 35.9 Å². The molecule has 0 bridgehead atoms. The monoisotopic (exact) mass is 331 g/mol. The van der Waals surface area contributed by atoms with Gasteiger partial charge in [-0.1, -0.05) is 30.3 Å². The van der Waals surface area contributed by atoms with Crippen LogP contribution in [-0.2, 0) is 16.1 Å². The van der Waals surface area contributed by atoms with Crippen molar-refractivity contribution in [2.24, 2.45) is 0 Å². The summed E-state index contributed by atoms with van der Waals surface area (Å²) in [6.45, 7) is 8.88. The molecule has 5 heteroatoms. The van der Waals surface area contributed by atoms with E-state index in [-0.39, 0.29) is 17.9 Å². The third-order valence-corrected chi connectivity index (χ3v) is 4.59. The van der Waals surface area contributed by atoms with E-state index in [9.17, 15) is 9.59 Å². The largest absolute Gasteiger partial charge is 0.352 e. The molecule has 1 aliphatic heterocycles. The molecule has 1 aliphatic rings. The lowest BCUT2D eigenvalue weighted by Crippen LogP contribution is -2.40. The average molecular weight is 331 g/mol. The van der Waals surface area contributed by atoms with Gasteiger partial charge in [-0.15, -0.1) is 0 Å². The number of rotatable bonds is 7. The Labute approximate surface area is 145 Å². The summed E-state index contributed by atoms with van der Waals surface area (Å²) in [6.07, 6.45) is 1.36. The number of nitrogens with one attached hydrogen (secondary N) is 1. The zero-order valence-electron chi connectivity index (χ0n) is 15.0. The van der Waals surface area contributed by atoms with Gasteiger partial charge in [0.1, 0.15) is 0 Å². The van der Waals surface area contributed by atoms with E-state index in [2.05, 4.69) is 24.1 Å².